The minimum atomic E-state index is -0.597. The molecule has 0 saturated heterocycles. The van der Waals surface area contributed by atoms with Crippen LogP contribution in [-0.2, 0) is 11.3 Å². The van der Waals surface area contributed by atoms with Crippen LogP contribution in [0.2, 0.25) is 0 Å². The fourth-order valence-electron chi connectivity index (χ4n) is 3.93. The van der Waals surface area contributed by atoms with Crippen molar-refractivity contribution in [3.8, 4) is 22.6 Å². The van der Waals surface area contributed by atoms with Gasteiger partial charge in [-0.25, -0.2) is 4.79 Å². The van der Waals surface area contributed by atoms with Gasteiger partial charge in [0.1, 0.15) is 17.2 Å². The van der Waals surface area contributed by atoms with Gasteiger partial charge in [0.2, 0.25) is 0 Å². The van der Waals surface area contributed by atoms with Gasteiger partial charge in [0.15, 0.2) is 0 Å². The van der Waals surface area contributed by atoms with Gasteiger partial charge in [-0.05, 0) is 41.3 Å². The van der Waals surface area contributed by atoms with Crippen LogP contribution in [0.25, 0.3) is 21.9 Å². The Hall–Kier alpha value is -3.58. The number of benzene rings is 3. The van der Waals surface area contributed by atoms with E-state index in [1.165, 1.54) is 11.7 Å². The molecule has 7 heteroatoms. The number of methoxy groups -OCH3 is 3. The van der Waals surface area contributed by atoms with Gasteiger partial charge in [0.25, 0.3) is 5.56 Å². The summed E-state index contributed by atoms with van der Waals surface area (Å²) in [7, 11) is 4.43. The van der Waals surface area contributed by atoms with Crippen LogP contribution in [-0.4, -0.2) is 31.9 Å². The van der Waals surface area contributed by atoms with Crippen LogP contribution < -0.4 is 15.0 Å². The van der Waals surface area contributed by atoms with E-state index in [9.17, 15) is 9.59 Å². The summed E-state index contributed by atoms with van der Waals surface area (Å²) in [6, 6.07) is 20.3. The van der Waals surface area contributed by atoms with E-state index in [4.69, 9.17) is 14.2 Å². The molecule has 4 aromatic rings. The third-order valence-electron chi connectivity index (χ3n) is 5.50. The molecule has 6 nitrogen and oxygen atoms in total. The highest BCUT2D eigenvalue weighted by Gasteiger charge is 2.25. The van der Waals surface area contributed by atoms with Gasteiger partial charge in [0, 0.05) is 27.1 Å². The van der Waals surface area contributed by atoms with Crippen molar-refractivity contribution in [2.24, 2.45) is 0 Å². The Balaban J connectivity index is 2.09. The predicted molar refractivity (Wildman–Crippen MR) is 131 cm³/mol. The lowest BCUT2D eigenvalue weighted by Crippen LogP contribution is -2.28. The Labute approximate surface area is 199 Å². The third kappa shape index (κ3) is 4.24. The molecule has 4 rings (SSSR count). The topological polar surface area (TPSA) is 66.8 Å². The zero-order chi connectivity index (χ0) is 23.5. The number of aromatic nitrogens is 1. The first-order chi connectivity index (χ1) is 16.0. The summed E-state index contributed by atoms with van der Waals surface area (Å²) in [6.45, 7) is 0.113. The fraction of sp³-hybridized carbons (Fsp3) is 0.154. The van der Waals surface area contributed by atoms with Crippen molar-refractivity contribution < 1.29 is 19.0 Å². The molecule has 3 aromatic carbocycles. The number of fused-ring (bicyclic) bond motifs is 1. The molecule has 0 N–H and O–H groups in total. The number of carbonyl (C=O) groups is 1. The van der Waals surface area contributed by atoms with Gasteiger partial charge in [-0.15, -0.1) is 0 Å². The number of halogens is 1. The maximum atomic E-state index is 13.7. The number of hydrogen-bond acceptors (Lipinski definition) is 5. The van der Waals surface area contributed by atoms with Crippen LogP contribution in [0.4, 0.5) is 0 Å². The van der Waals surface area contributed by atoms with Gasteiger partial charge in [-0.1, -0.05) is 46.3 Å². The second kappa shape index (κ2) is 9.50. The summed E-state index contributed by atoms with van der Waals surface area (Å²) < 4.78 is 18.2. The number of nitrogens with zero attached hydrogens (tertiary/aromatic N) is 1. The molecular formula is C26H22BrNO5. The number of rotatable bonds is 6. The molecule has 0 fully saturated rings. The van der Waals surface area contributed by atoms with Crippen molar-refractivity contribution >= 4 is 32.7 Å². The highest BCUT2D eigenvalue weighted by Crippen LogP contribution is 2.34. The van der Waals surface area contributed by atoms with Crippen LogP contribution in [0, 0.1) is 0 Å². The largest absolute Gasteiger partial charge is 0.497 e. The highest BCUT2D eigenvalue weighted by atomic mass is 79.9. The Morgan fingerprint density at radius 1 is 0.909 bits per heavy atom. The summed E-state index contributed by atoms with van der Waals surface area (Å²) in [5, 5.41) is 1.16. The molecule has 0 aliphatic rings. The fourth-order valence-corrected chi connectivity index (χ4v) is 4.29. The molecular weight excluding hydrogens is 486 g/mol. The van der Waals surface area contributed by atoms with E-state index < -0.39 is 5.97 Å². The second-order valence-electron chi connectivity index (χ2n) is 7.34. The van der Waals surface area contributed by atoms with Crippen molar-refractivity contribution in [3.63, 3.8) is 0 Å². The van der Waals surface area contributed by atoms with Gasteiger partial charge >= 0.3 is 5.97 Å². The lowest BCUT2D eigenvalue weighted by molar-refractivity contribution is 0.0588. The number of pyridine rings is 1. The molecule has 0 amide bonds. The molecule has 0 saturated carbocycles. The van der Waals surface area contributed by atoms with Crippen LogP contribution >= 0.6 is 15.9 Å². The summed E-state index contributed by atoms with van der Waals surface area (Å²) in [6.07, 6.45) is 0. The van der Waals surface area contributed by atoms with Gasteiger partial charge < -0.3 is 14.2 Å². The van der Waals surface area contributed by atoms with Crippen molar-refractivity contribution in [2.75, 3.05) is 21.3 Å². The molecule has 33 heavy (non-hydrogen) atoms. The van der Waals surface area contributed by atoms with Crippen LogP contribution in [0.3, 0.4) is 0 Å². The predicted octanol–water partition coefficient (Wildman–Crippen LogP) is 5.28. The zero-order valence-electron chi connectivity index (χ0n) is 18.4. The van der Waals surface area contributed by atoms with E-state index in [-0.39, 0.29) is 17.8 Å². The lowest BCUT2D eigenvalue weighted by Gasteiger charge is -2.20. The van der Waals surface area contributed by atoms with Crippen LogP contribution in [0.5, 0.6) is 11.5 Å². The summed E-state index contributed by atoms with van der Waals surface area (Å²) in [4.78, 5) is 26.8. The van der Waals surface area contributed by atoms with Crippen molar-refractivity contribution in [2.45, 2.75) is 6.54 Å². The average molecular weight is 508 g/mol. The monoisotopic (exact) mass is 507 g/mol. The van der Waals surface area contributed by atoms with E-state index in [2.05, 4.69) is 15.9 Å². The number of esters is 1. The average Bonchev–Trinajstić information content (AvgIpc) is 2.85. The standard InChI is InChI=1S/C26H22BrNO5/c1-31-19-11-9-17(22(14-19)32-2)15-28-24(26(30)33-3)23(16-7-5-4-6-8-16)21-13-18(27)10-12-20(21)25(28)29/h4-14H,15H2,1-3H3. The van der Waals surface area contributed by atoms with E-state index >= 15 is 0 Å². The summed E-state index contributed by atoms with van der Waals surface area (Å²) >= 11 is 3.49. The van der Waals surface area contributed by atoms with E-state index in [0.29, 0.717) is 27.8 Å². The minimum Gasteiger partial charge on any atom is -0.497 e. The van der Waals surface area contributed by atoms with E-state index in [1.54, 1.807) is 32.4 Å². The Kier molecular flexibility index (Phi) is 6.51. The molecule has 0 aliphatic carbocycles. The molecule has 0 unspecified atom stereocenters. The quantitative estimate of drug-likeness (QED) is 0.332. The molecule has 0 atom stereocenters. The number of hydrogen-bond donors (Lipinski definition) is 0. The van der Waals surface area contributed by atoms with Gasteiger partial charge in [-0.3, -0.25) is 9.36 Å². The maximum Gasteiger partial charge on any atom is 0.355 e. The van der Waals surface area contributed by atoms with E-state index in [1.807, 2.05) is 48.5 Å². The molecule has 0 aliphatic heterocycles. The Morgan fingerprint density at radius 3 is 2.33 bits per heavy atom. The van der Waals surface area contributed by atoms with Crippen molar-refractivity contribution in [3.05, 3.63) is 92.8 Å². The normalized spacial score (nSPS) is 10.8. The van der Waals surface area contributed by atoms with Gasteiger partial charge in [0.05, 0.1) is 27.9 Å². The SMILES string of the molecule is COC(=O)c1c(-c2ccccc2)c2cc(Br)ccc2c(=O)n1Cc1ccc(OC)cc1OC. The molecule has 0 radical (unpaired) electrons. The second-order valence-corrected chi connectivity index (χ2v) is 8.26. The van der Waals surface area contributed by atoms with Crippen molar-refractivity contribution in [1.82, 2.24) is 4.57 Å². The van der Waals surface area contributed by atoms with Gasteiger partial charge in [-0.2, -0.15) is 0 Å². The zero-order valence-corrected chi connectivity index (χ0v) is 20.0. The number of carbonyl (C=O) groups excluding carboxylic acids is 1. The molecule has 168 valence electrons. The highest BCUT2D eigenvalue weighted by molar-refractivity contribution is 9.10. The number of ether oxygens (including phenoxy) is 3. The molecule has 0 spiro atoms. The first-order valence-corrected chi connectivity index (χ1v) is 11.0. The first kappa shape index (κ1) is 22.6. The third-order valence-corrected chi connectivity index (χ3v) is 5.99. The first-order valence-electron chi connectivity index (χ1n) is 10.2. The smallest absolute Gasteiger partial charge is 0.355 e. The Bertz CT molecular complexity index is 1400. The lowest BCUT2D eigenvalue weighted by atomic mass is 9.96. The molecule has 1 aromatic heterocycles. The minimum absolute atomic E-state index is 0.113. The maximum absolute atomic E-state index is 13.7. The van der Waals surface area contributed by atoms with E-state index in [0.717, 1.165) is 15.6 Å². The summed E-state index contributed by atoms with van der Waals surface area (Å²) in [5.41, 5.74) is 2.04. The molecule has 0 bridgehead atoms. The van der Waals surface area contributed by atoms with Crippen molar-refractivity contribution in [1.29, 1.82) is 0 Å². The van der Waals surface area contributed by atoms with Crippen LogP contribution in [0.1, 0.15) is 16.1 Å². The molecule has 1 heterocycles. The van der Waals surface area contributed by atoms with Crippen LogP contribution in [0.15, 0.2) is 76.0 Å². The summed E-state index contributed by atoms with van der Waals surface area (Å²) in [5.74, 6) is 0.582. The Morgan fingerprint density at radius 2 is 1.67 bits per heavy atom.